The zero-order chi connectivity index (χ0) is 25.4. The second kappa shape index (κ2) is 11.3. The highest BCUT2D eigenvalue weighted by atomic mass is 19.4. The lowest BCUT2D eigenvalue weighted by Crippen LogP contribution is -2.40. The third-order valence-corrected chi connectivity index (χ3v) is 4.88. The zero-order valence-electron chi connectivity index (χ0n) is 18.8. The molecule has 2 amide bonds. The number of alkyl halides is 3. The van der Waals surface area contributed by atoms with Gasteiger partial charge in [0.05, 0.1) is 6.54 Å². The summed E-state index contributed by atoms with van der Waals surface area (Å²) in [6, 6.07) is 17.6. The van der Waals surface area contributed by atoms with E-state index in [2.05, 4.69) is 10.4 Å². The lowest BCUT2D eigenvalue weighted by Gasteiger charge is -2.22. The standard InChI is InChI=1S/C24H23F3N4O4/c1-2-30(23(34)24(25,26)27)16-17-7-6-8-18(15-17)28-22(33)20-11-12-21(32)31(29-20)13-14-35-19-9-4-3-5-10-19/h3-12,15H,2,13-14,16H2,1H3,(H,28,33). The maximum absolute atomic E-state index is 12.8. The predicted octanol–water partition coefficient (Wildman–Crippen LogP) is 3.49. The van der Waals surface area contributed by atoms with Gasteiger partial charge in [-0.25, -0.2) is 4.68 Å². The first kappa shape index (κ1) is 25.5. The molecular weight excluding hydrogens is 465 g/mol. The van der Waals surface area contributed by atoms with Crippen molar-refractivity contribution in [1.29, 1.82) is 0 Å². The lowest BCUT2D eigenvalue weighted by atomic mass is 10.1. The van der Waals surface area contributed by atoms with E-state index in [1.807, 2.05) is 18.2 Å². The number of nitrogens with zero attached hydrogens (tertiary/aromatic N) is 3. The Labute approximate surface area is 198 Å². The van der Waals surface area contributed by atoms with Crippen LogP contribution in [0.3, 0.4) is 0 Å². The van der Waals surface area contributed by atoms with E-state index in [1.54, 1.807) is 30.3 Å². The van der Waals surface area contributed by atoms with Gasteiger partial charge in [0.1, 0.15) is 18.1 Å². The van der Waals surface area contributed by atoms with Gasteiger partial charge in [-0.2, -0.15) is 18.3 Å². The Morgan fingerprint density at radius 1 is 1.06 bits per heavy atom. The summed E-state index contributed by atoms with van der Waals surface area (Å²) < 4.78 is 45.0. The van der Waals surface area contributed by atoms with Crippen molar-refractivity contribution in [2.45, 2.75) is 26.2 Å². The van der Waals surface area contributed by atoms with Gasteiger partial charge in [-0.15, -0.1) is 0 Å². The number of nitrogens with one attached hydrogen (secondary N) is 1. The third kappa shape index (κ3) is 7.16. The monoisotopic (exact) mass is 488 g/mol. The Morgan fingerprint density at radius 3 is 2.49 bits per heavy atom. The molecule has 8 nitrogen and oxygen atoms in total. The van der Waals surface area contributed by atoms with Crippen LogP contribution in [-0.2, 0) is 17.9 Å². The average molecular weight is 488 g/mol. The topological polar surface area (TPSA) is 93.5 Å². The Balaban J connectivity index is 1.66. The van der Waals surface area contributed by atoms with Gasteiger partial charge >= 0.3 is 12.1 Å². The number of hydrogen-bond donors (Lipinski definition) is 1. The fourth-order valence-electron chi connectivity index (χ4n) is 3.17. The molecule has 0 bridgehead atoms. The van der Waals surface area contributed by atoms with E-state index in [4.69, 9.17) is 4.74 Å². The average Bonchev–Trinajstić information content (AvgIpc) is 2.83. The number of aromatic nitrogens is 2. The fourth-order valence-corrected chi connectivity index (χ4v) is 3.17. The molecule has 0 fully saturated rings. The number of rotatable bonds is 9. The van der Waals surface area contributed by atoms with Crippen LogP contribution >= 0.6 is 0 Å². The van der Waals surface area contributed by atoms with Crippen LogP contribution in [0.1, 0.15) is 23.0 Å². The number of amides is 2. The molecule has 1 aromatic heterocycles. The second-order valence-corrected chi connectivity index (χ2v) is 7.41. The Hall–Kier alpha value is -4.15. The number of para-hydroxylation sites is 1. The van der Waals surface area contributed by atoms with Crippen LogP contribution in [0, 0.1) is 0 Å². The first-order valence-corrected chi connectivity index (χ1v) is 10.7. The maximum Gasteiger partial charge on any atom is 0.471 e. The molecule has 184 valence electrons. The number of halogens is 3. The largest absolute Gasteiger partial charge is 0.492 e. The minimum Gasteiger partial charge on any atom is -0.492 e. The number of carbonyl (C=O) groups is 2. The van der Waals surface area contributed by atoms with Crippen molar-refractivity contribution in [3.8, 4) is 5.75 Å². The molecule has 0 aliphatic rings. The van der Waals surface area contributed by atoms with Gasteiger partial charge in [-0.3, -0.25) is 14.4 Å². The number of anilines is 1. The molecule has 0 aliphatic carbocycles. The highest BCUT2D eigenvalue weighted by Gasteiger charge is 2.41. The Bertz CT molecular complexity index is 1230. The fraction of sp³-hybridized carbons (Fsp3) is 0.250. The Morgan fingerprint density at radius 2 is 1.80 bits per heavy atom. The van der Waals surface area contributed by atoms with Gasteiger partial charge in [0, 0.05) is 24.8 Å². The number of benzene rings is 2. The minimum atomic E-state index is -4.97. The first-order chi connectivity index (χ1) is 16.7. The highest BCUT2D eigenvalue weighted by Crippen LogP contribution is 2.21. The summed E-state index contributed by atoms with van der Waals surface area (Å²) in [6.07, 6.45) is -4.97. The van der Waals surface area contributed by atoms with Crippen molar-refractivity contribution in [3.05, 3.63) is 88.3 Å². The zero-order valence-corrected chi connectivity index (χ0v) is 18.8. The van der Waals surface area contributed by atoms with E-state index in [0.717, 1.165) is 4.68 Å². The van der Waals surface area contributed by atoms with Crippen LogP contribution in [0.4, 0.5) is 18.9 Å². The van der Waals surface area contributed by atoms with Crippen LogP contribution in [0.2, 0.25) is 0 Å². The molecule has 35 heavy (non-hydrogen) atoms. The lowest BCUT2D eigenvalue weighted by molar-refractivity contribution is -0.185. The predicted molar refractivity (Wildman–Crippen MR) is 122 cm³/mol. The summed E-state index contributed by atoms with van der Waals surface area (Å²) in [5.74, 6) is -1.91. The van der Waals surface area contributed by atoms with Crippen molar-refractivity contribution in [2.24, 2.45) is 0 Å². The van der Waals surface area contributed by atoms with E-state index < -0.39 is 23.5 Å². The van der Waals surface area contributed by atoms with E-state index >= 15 is 0 Å². The molecule has 11 heteroatoms. The van der Waals surface area contributed by atoms with Gasteiger partial charge in [-0.05, 0) is 42.8 Å². The molecule has 1 heterocycles. The number of carbonyl (C=O) groups excluding carboxylic acids is 2. The molecule has 0 aliphatic heterocycles. The van der Waals surface area contributed by atoms with Crippen LogP contribution < -0.4 is 15.6 Å². The van der Waals surface area contributed by atoms with Crippen molar-refractivity contribution in [2.75, 3.05) is 18.5 Å². The molecular formula is C24H23F3N4O4. The van der Waals surface area contributed by atoms with E-state index in [0.29, 0.717) is 21.9 Å². The molecule has 0 saturated heterocycles. The van der Waals surface area contributed by atoms with Crippen molar-refractivity contribution in [1.82, 2.24) is 14.7 Å². The van der Waals surface area contributed by atoms with E-state index in [9.17, 15) is 27.6 Å². The molecule has 0 unspecified atom stereocenters. The van der Waals surface area contributed by atoms with E-state index in [1.165, 1.54) is 25.1 Å². The normalized spacial score (nSPS) is 11.1. The summed E-state index contributed by atoms with van der Waals surface area (Å²) in [7, 11) is 0. The first-order valence-electron chi connectivity index (χ1n) is 10.7. The molecule has 3 aromatic rings. The third-order valence-electron chi connectivity index (χ3n) is 4.88. The summed E-state index contributed by atoms with van der Waals surface area (Å²) in [5.41, 5.74) is 0.263. The summed E-state index contributed by atoms with van der Waals surface area (Å²) in [5, 5.41) is 6.67. The van der Waals surface area contributed by atoms with Crippen LogP contribution in [0.5, 0.6) is 5.75 Å². The SMILES string of the molecule is CCN(Cc1cccc(NC(=O)c2ccc(=O)n(CCOc3ccccc3)n2)c1)C(=O)C(F)(F)F. The summed E-state index contributed by atoms with van der Waals surface area (Å²) in [4.78, 5) is 37.0. The van der Waals surface area contributed by atoms with Crippen LogP contribution in [0.25, 0.3) is 0 Å². The molecule has 1 N–H and O–H groups in total. The molecule has 2 aromatic carbocycles. The van der Waals surface area contributed by atoms with E-state index in [-0.39, 0.29) is 31.9 Å². The number of ether oxygens (including phenoxy) is 1. The minimum absolute atomic E-state index is 0.0304. The van der Waals surface area contributed by atoms with Gasteiger partial charge in [-0.1, -0.05) is 30.3 Å². The van der Waals surface area contributed by atoms with Gasteiger partial charge in [0.15, 0.2) is 0 Å². The quantitative estimate of drug-likeness (QED) is 0.498. The van der Waals surface area contributed by atoms with Crippen LogP contribution in [0.15, 0.2) is 71.5 Å². The summed E-state index contributed by atoms with van der Waals surface area (Å²) in [6.45, 7) is 1.32. The molecule has 3 rings (SSSR count). The van der Waals surface area contributed by atoms with Gasteiger partial charge < -0.3 is 15.0 Å². The van der Waals surface area contributed by atoms with Crippen molar-refractivity contribution in [3.63, 3.8) is 0 Å². The molecule has 0 spiro atoms. The van der Waals surface area contributed by atoms with Gasteiger partial charge in [0.2, 0.25) is 0 Å². The Kier molecular flexibility index (Phi) is 8.24. The maximum atomic E-state index is 12.8. The molecule has 0 saturated carbocycles. The van der Waals surface area contributed by atoms with Crippen LogP contribution in [-0.4, -0.2) is 45.8 Å². The second-order valence-electron chi connectivity index (χ2n) is 7.41. The smallest absolute Gasteiger partial charge is 0.471 e. The molecule has 0 atom stereocenters. The van der Waals surface area contributed by atoms with Crippen molar-refractivity contribution < 1.29 is 27.5 Å². The highest BCUT2D eigenvalue weighted by molar-refractivity contribution is 6.02. The summed E-state index contributed by atoms with van der Waals surface area (Å²) >= 11 is 0. The van der Waals surface area contributed by atoms with Crippen molar-refractivity contribution >= 4 is 17.5 Å². The van der Waals surface area contributed by atoms with Gasteiger partial charge in [0.25, 0.3) is 11.5 Å². The number of hydrogen-bond acceptors (Lipinski definition) is 5. The molecule has 0 radical (unpaired) electrons.